The summed E-state index contributed by atoms with van der Waals surface area (Å²) in [6, 6.07) is 16.7. The molecule has 3 rings (SSSR count). The van der Waals surface area contributed by atoms with Gasteiger partial charge in [-0.3, -0.25) is 9.10 Å². The molecule has 0 bridgehead atoms. The van der Waals surface area contributed by atoms with E-state index in [-0.39, 0.29) is 16.6 Å². The molecule has 0 aromatic heterocycles. The molecule has 35 heavy (non-hydrogen) atoms. The van der Waals surface area contributed by atoms with Crippen molar-refractivity contribution in [1.29, 1.82) is 0 Å². The Labute approximate surface area is 203 Å². The average molecular weight is 505 g/mol. The first-order chi connectivity index (χ1) is 16.4. The Balaban J connectivity index is 1.97. The van der Waals surface area contributed by atoms with E-state index in [1.165, 1.54) is 30.3 Å². The van der Waals surface area contributed by atoms with Crippen molar-refractivity contribution in [2.75, 3.05) is 10.8 Å². The van der Waals surface area contributed by atoms with E-state index in [0.717, 1.165) is 34.9 Å². The number of rotatable bonds is 8. The zero-order chi connectivity index (χ0) is 25.8. The third kappa shape index (κ3) is 6.22. The Morgan fingerprint density at radius 2 is 1.66 bits per heavy atom. The van der Waals surface area contributed by atoms with Crippen LogP contribution in [0.1, 0.15) is 41.6 Å². The Hall–Kier alpha value is -3.33. The van der Waals surface area contributed by atoms with Gasteiger partial charge in [0.2, 0.25) is 5.91 Å². The molecular formula is C26H27F3N2O3S. The number of halogens is 3. The Bertz CT molecular complexity index is 1290. The fourth-order valence-corrected chi connectivity index (χ4v) is 5.29. The smallest absolute Gasteiger partial charge is 0.348 e. The highest BCUT2D eigenvalue weighted by Gasteiger charge is 2.33. The zero-order valence-electron chi connectivity index (χ0n) is 19.6. The van der Waals surface area contributed by atoms with Crippen LogP contribution in [-0.4, -0.2) is 20.9 Å². The molecule has 186 valence electrons. The molecular weight excluding hydrogens is 477 g/mol. The predicted octanol–water partition coefficient (Wildman–Crippen LogP) is 5.79. The van der Waals surface area contributed by atoms with Crippen molar-refractivity contribution in [3.63, 3.8) is 0 Å². The van der Waals surface area contributed by atoms with Crippen molar-refractivity contribution in [3.05, 3.63) is 95.1 Å². The fraction of sp³-hybridized carbons (Fsp3) is 0.269. The maximum Gasteiger partial charge on any atom is 0.416 e. The number of carbonyl (C=O) groups excluding carboxylic acids is 1. The van der Waals surface area contributed by atoms with Crippen molar-refractivity contribution in [3.8, 4) is 0 Å². The van der Waals surface area contributed by atoms with Crippen molar-refractivity contribution in [2.45, 2.75) is 44.3 Å². The molecule has 1 atom stereocenters. The van der Waals surface area contributed by atoms with E-state index in [9.17, 15) is 26.4 Å². The van der Waals surface area contributed by atoms with Gasteiger partial charge in [-0.25, -0.2) is 8.42 Å². The number of hydrogen-bond acceptors (Lipinski definition) is 3. The first-order valence-electron chi connectivity index (χ1n) is 11.0. The average Bonchev–Trinajstić information content (AvgIpc) is 2.81. The van der Waals surface area contributed by atoms with Crippen LogP contribution in [-0.2, 0) is 21.0 Å². The van der Waals surface area contributed by atoms with Gasteiger partial charge in [-0.15, -0.1) is 0 Å². The number of amides is 1. The molecule has 1 amide bonds. The Kier molecular flexibility index (Phi) is 7.90. The van der Waals surface area contributed by atoms with E-state index in [0.29, 0.717) is 10.7 Å². The molecule has 9 heteroatoms. The lowest BCUT2D eigenvalue weighted by molar-refractivity contribution is -0.137. The van der Waals surface area contributed by atoms with Crippen LogP contribution in [0.3, 0.4) is 0 Å². The fourth-order valence-electron chi connectivity index (χ4n) is 3.86. The lowest BCUT2D eigenvalue weighted by Gasteiger charge is -2.26. The molecule has 0 aliphatic carbocycles. The standard InChI is InChI=1S/C26H27F3N2O3S/c1-4-24(23-14-13-18(2)15-19(23)3)30-25(32)17-31(35(33,34)22-11-6-5-7-12-22)21-10-8-9-20(16-21)26(27,28)29/h5-16,24H,4,17H2,1-3H3,(H,30,32). The van der Waals surface area contributed by atoms with Crippen molar-refractivity contribution in [2.24, 2.45) is 0 Å². The Morgan fingerprint density at radius 1 is 0.971 bits per heavy atom. The highest BCUT2D eigenvalue weighted by Crippen LogP contribution is 2.33. The van der Waals surface area contributed by atoms with Crippen LogP contribution >= 0.6 is 0 Å². The summed E-state index contributed by atoms with van der Waals surface area (Å²) in [5, 5.41) is 2.84. The molecule has 3 aromatic carbocycles. The Morgan fingerprint density at radius 3 is 2.26 bits per heavy atom. The van der Waals surface area contributed by atoms with Gasteiger partial charge in [0.25, 0.3) is 10.0 Å². The van der Waals surface area contributed by atoms with E-state index in [1.807, 2.05) is 39.0 Å². The molecule has 0 aliphatic heterocycles. The molecule has 1 unspecified atom stereocenters. The van der Waals surface area contributed by atoms with Gasteiger partial charge in [0.1, 0.15) is 6.54 Å². The van der Waals surface area contributed by atoms with Gasteiger partial charge < -0.3 is 5.32 Å². The number of nitrogens with zero attached hydrogens (tertiary/aromatic N) is 1. The molecule has 3 aromatic rings. The molecule has 0 radical (unpaired) electrons. The van der Waals surface area contributed by atoms with Crippen LogP contribution in [0.2, 0.25) is 0 Å². The maximum absolute atomic E-state index is 13.4. The van der Waals surface area contributed by atoms with Crippen molar-refractivity contribution in [1.82, 2.24) is 5.32 Å². The summed E-state index contributed by atoms with van der Waals surface area (Å²) in [5.41, 5.74) is 1.67. The molecule has 5 nitrogen and oxygen atoms in total. The summed E-state index contributed by atoms with van der Waals surface area (Å²) >= 11 is 0. The number of sulfonamides is 1. The number of anilines is 1. The van der Waals surface area contributed by atoms with E-state index in [1.54, 1.807) is 6.07 Å². The van der Waals surface area contributed by atoms with Crippen LogP contribution in [0.5, 0.6) is 0 Å². The molecule has 0 saturated heterocycles. The second-order valence-electron chi connectivity index (χ2n) is 8.26. The number of aryl methyl sites for hydroxylation is 2. The van der Waals surface area contributed by atoms with Gasteiger partial charge in [0, 0.05) is 0 Å². The lowest BCUT2D eigenvalue weighted by atomic mass is 9.97. The largest absolute Gasteiger partial charge is 0.416 e. The summed E-state index contributed by atoms with van der Waals surface area (Å²) < 4.78 is 67.5. The van der Waals surface area contributed by atoms with Gasteiger partial charge >= 0.3 is 6.18 Å². The van der Waals surface area contributed by atoms with Crippen LogP contribution in [0.4, 0.5) is 18.9 Å². The summed E-state index contributed by atoms with van der Waals surface area (Å²) in [7, 11) is -4.33. The van der Waals surface area contributed by atoms with Crippen LogP contribution < -0.4 is 9.62 Å². The van der Waals surface area contributed by atoms with Gasteiger partial charge in [0.15, 0.2) is 0 Å². The molecule has 0 aliphatic rings. The number of alkyl halides is 3. The van der Waals surface area contributed by atoms with E-state index >= 15 is 0 Å². The van der Waals surface area contributed by atoms with Gasteiger partial charge in [-0.1, -0.05) is 55.0 Å². The zero-order valence-corrected chi connectivity index (χ0v) is 20.5. The topological polar surface area (TPSA) is 66.5 Å². The summed E-state index contributed by atoms with van der Waals surface area (Å²) in [5.74, 6) is -0.631. The highest BCUT2D eigenvalue weighted by molar-refractivity contribution is 7.92. The first kappa shape index (κ1) is 26.3. The van der Waals surface area contributed by atoms with Crippen LogP contribution in [0, 0.1) is 13.8 Å². The van der Waals surface area contributed by atoms with Crippen LogP contribution in [0.15, 0.2) is 77.7 Å². The quantitative estimate of drug-likeness (QED) is 0.423. The summed E-state index contributed by atoms with van der Waals surface area (Å²) in [6.07, 6.45) is -4.12. The lowest BCUT2D eigenvalue weighted by Crippen LogP contribution is -2.42. The maximum atomic E-state index is 13.4. The first-order valence-corrected chi connectivity index (χ1v) is 12.5. The summed E-state index contributed by atoms with van der Waals surface area (Å²) in [6.45, 7) is 5.08. The number of carbonyl (C=O) groups is 1. The van der Waals surface area contributed by atoms with Crippen molar-refractivity contribution >= 4 is 21.6 Å². The van der Waals surface area contributed by atoms with E-state index < -0.39 is 34.2 Å². The highest BCUT2D eigenvalue weighted by atomic mass is 32.2. The minimum atomic E-state index is -4.67. The van der Waals surface area contributed by atoms with Crippen molar-refractivity contribution < 1.29 is 26.4 Å². The molecule has 0 saturated carbocycles. The minimum absolute atomic E-state index is 0.133. The SMILES string of the molecule is CCC(NC(=O)CN(c1cccc(C(F)(F)F)c1)S(=O)(=O)c1ccccc1)c1ccc(C)cc1C. The number of hydrogen-bond donors (Lipinski definition) is 1. The second-order valence-corrected chi connectivity index (χ2v) is 10.1. The molecule has 0 heterocycles. The van der Waals surface area contributed by atoms with Gasteiger partial charge in [-0.2, -0.15) is 13.2 Å². The normalized spacial score (nSPS) is 12.7. The molecule has 0 spiro atoms. The van der Waals surface area contributed by atoms with Gasteiger partial charge in [0.05, 0.1) is 22.2 Å². The number of benzene rings is 3. The number of nitrogens with one attached hydrogen (secondary N) is 1. The monoisotopic (exact) mass is 504 g/mol. The second kappa shape index (κ2) is 10.5. The predicted molar refractivity (Wildman–Crippen MR) is 130 cm³/mol. The molecule has 0 fully saturated rings. The van der Waals surface area contributed by atoms with Gasteiger partial charge in [-0.05, 0) is 61.7 Å². The third-order valence-corrected chi connectivity index (χ3v) is 7.41. The minimum Gasteiger partial charge on any atom is -0.348 e. The van der Waals surface area contributed by atoms with Crippen LogP contribution in [0.25, 0.3) is 0 Å². The van der Waals surface area contributed by atoms with E-state index in [4.69, 9.17) is 0 Å². The summed E-state index contributed by atoms with van der Waals surface area (Å²) in [4.78, 5) is 12.9. The molecule has 1 N–H and O–H groups in total. The van der Waals surface area contributed by atoms with E-state index in [2.05, 4.69) is 5.32 Å². The third-order valence-electron chi connectivity index (χ3n) is 5.62.